The van der Waals surface area contributed by atoms with Gasteiger partial charge in [0, 0.05) is 5.02 Å². The Kier molecular flexibility index (Phi) is 5.82. The van der Waals surface area contributed by atoms with E-state index in [0.717, 1.165) is 24.3 Å². The van der Waals surface area contributed by atoms with E-state index >= 15 is 0 Å². The molecule has 24 heavy (non-hydrogen) atoms. The van der Waals surface area contributed by atoms with Gasteiger partial charge in [0.2, 0.25) is 15.9 Å². The minimum absolute atomic E-state index is 0.149. The Morgan fingerprint density at radius 3 is 2.38 bits per heavy atom. The standard InChI is InChI=1S/C15H13Cl2FN2O3S/c1-9(15(21)19-14-8-10(16)2-7-13(14)17)20-24(22,23)12-5-3-11(18)4-6-12/h2-9,20H,1H3,(H,19,21). The minimum Gasteiger partial charge on any atom is -0.323 e. The normalized spacial score (nSPS) is 12.7. The number of nitrogens with one attached hydrogen (secondary N) is 2. The van der Waals surface area contributed by atoms with Crippen molar-refractivity contribution in [2.45, 2.75) is 17.9 Å². The molecule has 0 fully saturated rings. The Hall–Kier alpha value is -1.67. The zero-order chi connectivity index (χ0) is 17.9. The lowest BCUT2D eigenvalue weighted by Gasteiger charge is -2.15. The Bertz CT molecular complexity index is 858. The number of amides is 1. The summed E-state index contributed by atoms with van der Waals surface area (Å²) >= 11 is 11.8. The first-order valence-electron chi connectivity index (χ1n) is 6.73. The van der Waals surface area contributed by atoms with Crippen molar-refractivity contribution in [2.24, 2.45) is 0 Å². The average Bonchev–Trinajstić information content (AvgIpc) is 2.51. The van der Waals surface area contributed by atoms with Crippen molar-refractivity contribution in [3.63, 3.8) is 0 Å². The fourth-order valence-corrected chi connectivity index (χ4v) is 3.34. The minimum atomic E-state index is -3.97. The summed E-state index contributed by atoms with van der Waals surface area (Å²) in [6.45, 7) is 1.37. The molecule has 0 spiro atoms. The van der Waals surface area contributed by atoms with Gasteiger partial charge in [-0.3, -0.25) is 4.79 Å². The molecule has 0 saturated carbocycles. The maximum Gasteiger partial charge on any atom is 0.242 e. The SMILES string of the molecule is CC(NS(=O)(=O)c1ccc(F)cc1)C(=O)Nc1cc(Cl)ccc1Cl. The largest absolute Gasteiger partial charge is 0.323 e. The van der Waals surface area contributed by atoms with Crippen LogP contribution in [0.3, 0.4) is 0 Å². The Balaban J connectivity index is 2.10. The molecular formula is C15H13Cl2FN2O3S. The summed E-state index contributed by atoms with van der Waals surface area (Å²) in [6, 6.07) is 7.67. The maximum absolute atomic E-state index is 12.9. The molecule has 0 aliphatic heterocycles. The quantitative estimate of drug-likeness (QED) is 0.820. The summed E-state index contributed by atoms with van der Waals surface area (Å²) in [5, 5.41) is 3.13. The second-order valence-corrected chi connectivity index (χ2v) is 7.47. The summed E-state index contributed by atoms with van der Waals surface area (Å²) in [6.07, 6.45) is 0. The summed E-state index contributed by atoms with van der Waals surface area (Å²) in [4.78, 5) is 12.0. The zero-order valence-corrected chi connectivity index (χ0v) is 14.7. The predicted octanol–water partition coefficient (Wildman–Crippen LogP) is 3.44. The van der Waals surface area contributed by atoms with E-state index in [4.69, 9.17) is 23.2 Å². The van der Waals surface area contributed by atoms with Gasteiger partial charge in [0.25, 0.3) is 0 Å². The van der Waals surface area contributed by atoms with Crippen molar-refractivity contribution in [1.82, 2.24) is 4.72 Å². The molecule has 1 amide bonds. The van der Waals surface area contributed by atoms with Gasteiger partial charge >= 0.3 is 0 Å². The van der Waals surface area contributed by atoms with Gasteiger partial charge < -0.3 is 5.32 Å². The number of halogens is 3. The van der Waals surface area contributed by atoms with Crippen molar-refractivity contribution in [2.75, 3.05) is 5.32 Å². The number of hydrogen-bond donors (Lipinski definition) is 2. The van der Waals surface area contributed by atoms with E-state index in [2.05, 4.69) is 10.0 Å². The molecule has 2 aromatic rings. The van der Waals surface area contributed by atoms with Crippen LogP contribution in [-0.4, -0.2) is 20.4 Å². The molecule has 0 radical (unpaired) electrons. The summed E-state index contributed by atoms with van der Waals surface area (Å²) in [5.74, 6) is -1.18. The molecular weight excluding hydrogens is 378 g/mol. The molecule has 0 heterocycles. The van der Waals surface area contributed by atoms with E-state index in [-0.39, 0.29) is 15.6 Å². The second kappa shape index (κ2) is 7.48. The Morgan fingerprint density at radius 1 is 1.12 bits per heavy atom. The molecule has 0 bridgehead atoms. The number of carbonyl (C=O) groups excluding carboxylic acids is 1. The van der Waals surface area contributed by atoms with Gasteiger partial charge in [-0.15, -0.1) is 0 Å². The first kappa shape index (κ1) is 18.7. The molecule has 2 aromatic carbocycles. The number of sulfonamides is 1. The second-order valence-electron chi connectivity index (χ2n) is 4.91. The van der Waals surface area contributed by atoms with E-state index in [1.165, 1.54) is 19.1 Å². The van der Waals surface area contributed by atoms with Crippen LogP contribution in [-0.2, 0) is 14.8 Å². The number of benzene rings is 2. The number of carbonyl (C=O) groups is 1. The molecule has 9 heteroatoms. The molecule has 0 aliphatic carbocycles. The van der Waals surface area contributed by atoms with Crippen molar-refractivity contribution in [3.05, 3.63) is 58.3 Å². The molecule has 1 atom stereocenters. The van der Waals surface area contributed by atoms with Crippen LogP contribution in [0, 0.1) is 5.82 Å². The fraction of sp³-hybridized carbons (Fsp3) is 0.133. The molecule has 0 aromatic heterocycles. The number of hydrogen-bond acceptors (Lipinski definition) is 3. The van der Waals surface area contributed by atoms with E-state index in [1.807, 2.05) is 0 Å². The third-order valence-corrected chi connectivity index (χ3v) is 5.16. The highest BCUT2D eigenvalue weighted by molar-refractivity contribution is 7.89. The summed E-state index contributed by atoms with van der Waals surface area (Å²) < 4.78 is 39.4. The molecule has 2 N–H and O–H groups in total. The highest BCUT2D eigenvalue weighted by Gasteiger charge is 2.22. The lowest BCUT2D eigenvalue weighted by atomic mass is 10.3. The zero-order valence-electron chi connectivity index (χ0n) is 12.4. The van der Waals surface area contributed by atoms with Crippen LogP contribution in [0.4, 0.5) is 10.1 Å². The first-order chi connectivity index (χ1) is 11.2. The molecule has 2 rings (SSSR count). The number of rotatable bonds is 5. The van der Waals surface area contributed by atoms with Crippen LogP contribution in [0.2, 0.25) is 10.0 Å². The fourth-order valence-electron chi connectivity index (χ4n) is 1.80. The van der Waals surface area contributed by atoms with Crippen LogP contribution in [0.1, 0.15) is 6.92 Å². The molecule has 1 unspecified atom stereocenters. The van der Waals surface area contributed by atoms with Gasteiger partial charge in [-0.25, -0.2) is 12.8 Å². The van der Waals surface area contributed by atoms with Crippen LogP contribution in [0.5, 0.6) is 0 Å². The Morgan fingerprint density at radius 2 is 1.75 bits per heavy atom. The van der Waals surface area contributed by atoms with Gasteiger partial charge in [-0.2, -0.15) is 4.72 Å². The third-order valence-electron chi connectivity index (χ3n) is 3.04. The van der Waals surface area contributed by atoms with Crippen molar-refractivity contribution < 1.29 is 17.6 Å². The van der Waals surface area contributed by atoms with Crippen LogP contribution < -0.4 is 10.0 Å². The molecule has 128 valence electrons. The van der Waals surface area contributed by atoms with Crippen LogP contribution in [0.15, 0.2) is 47.4 Å². The lowest BCUT2D eigenvalue weighted by Crippen LogP contribution is -2.41. The Labute approximate surface area is 148 Å². The maximum atomic E-state index is 12.9. The van der Waals surface area contributed by atoms with Crippen LogP contribution in [0.25, 0.3) is 0 Å². The van der Waals surface area contributed by atoms with E-state index in [0.29, 0.717) is 5.02 Å². The van der Waals surface area contributed by atoms with E-state index in [1.54, 1.807) is 6.07 Å². The monoisotopic (exact) mass is 390 g/mol. The molecule has 0 saturated heterocycles. The third kappa shape index (κ3) is 4.67. The lowest BCUT2D eigenvalue weighted by molar-refractivity contribution is -0.117. The van der Waals surface area contributed by atoms with Gasteiger partial charge in [-0.1, -0.05) is 23.2 Å². The van der Waals surface area contributed by atoms with Crippen molar-refractivity contribution in [1.29, 1.82) is 0 Å². The van der Waals surface area contributed by atoms with Gasteiger partial charge in [0.05, 0.1) is 21.6 Å². The first-order valence-corrected chi connectivity index (χ1v) is 8.97. The van der Waals surface area contributed by atoms with E-state index in [9.17, 15) is 17.6 Å². The highest BCUT2D eigenvalue weighted by Crippen LogP contribution is 2.25. The summed E-state index contributed by atoms with van der Waals surface area (Å²) in [7, 11) is -3.97. The number of anilines is 1. The summed E-state index contributed by atoms with van der Waals surface area (Å²) in [5.41, 5.74) is 0.266. The van der Waals surface area contributed by atoms with Gasteiger partial charge in [0.1, 0.15) is 5.82 Å². The smallest absolute Gasteiger partial charge is 0.242 e. The highest BCUT2D eigenvalue weighted by atomic mass is 35.5. The van der Waals surface area contributed by atoms with Crippen molar-refractivity contribution >= 4 is 44.8 Å². The van der Waals surface area contributed by atoms with Gasteiger partial charge in [-0.05, 0) is 49.4 Å². The molecule has 5 nitrogen and oxygen atoms in total. The average molecular weight is 391 g/mol. The van der Waals surface area contributed by atoms with Crippen LogP contribution >= 0.6 is 23.2 Å². The topological polar surface area (TPSA) is 75.3 Å². The predicted molar refractivity (Wildman–Crippen MR) is 91.3 cm³/mol. The van der Waals surface area contributed by atoms with Crippen molar-refractivity contribution in [3.8, 4) is 0 Å². The molecule has 0 aliphatic rings. The van der Waals surface area contributed by atoms with E-state index < -0.39 is 27.8 Å². The van der Waals surface area contributed by atoms with Gasteiger partial charge in [0.15, 0.2) is 0 Å².